The molecular weight excluding hydrogens is 342 g/mol. The summed E-state index contributed by atoms with van der Waals surface area (Å²) in [5.41, 5.74) is 2.21. The minimum Gasteiger partial charge on any atom is -0.480 e. The minimum absolute atomic E-state index is 0.245. The molecule has 0 amide bonds. The number of nitrogens with one attached hydrogen (secondary N) is 1. The van der Waals surface area contributed by atoms with E-state index in [1.807, 2.05) is 42.5 Å². The molecule has 2 atom stereocenters. The highest BCUT2D eigenvalue weighted by molar-refractivity contribution is 9.10. The number of carbonyl (C=O) groups is 1. The Kier molecular flexibility index (Phi) is 6.16. The van der Waals surface area contributed by atoms with Crippen LogP contribution in [-0.4, -0.2) is 23.7 Å². The van der Waals surface area contributed by atoms with Crippen LogP contribution in [0.4, 0.5) is 0 Å². The lowest BCUT2D eigenvalue weighted by Crippen LogP contribution is -2.40. The van der Waals surface area contributed by atoms with Gasteiger partial charge in [0.05, 0.1) is 0 Å². The standard InChI is InChI=1S/C18H20BrNO2/c1-13(15-8-5-9-16(19)11-15)12-20-17(18(21)22)10-14-6-3-2-4-7-14/h2-9,11,13,17,20H,10,12H2,1H3,(H,21,22)/t13?,17-/m1/s1. The average molecular weight is 362 g/mol. The van der Waals surface area contributed by atoms with Crippen molar-refractivity contribution in [3.63, 3.8) is 0 Å². The third kappa shape index (κ3) is 4.97. The van der Waals surface area contributed by atoms with Gasteiger partial charge in [-0.15, -0.1) is 0 Å². The molecule has 0 aromatic heterocycles. The fraction of sp³-hybridized carbons (Fsp3) is 0.278. The van der Waals surface area contributed by atoms with Crippen LogP contribution in [0.25, 0.3) is 0 Å². The molecule has 1 unspecified atom stereocenters. The Morgan fingerprint density at radius 2 is 1.91 bits per heavy atom. The van der Waals surface area contributed by atoms with Gasteiger partial charge in [-0.2, -0.15) is 0 Å². The van der Waals surface area contributed by atoms with Crippen LogP contribution >= 0.6 is 15.9 Å². The van der Waals surface area contributed by atoms with E-state index < -0.39 is 12.0 Å². The lowest BCUT2D eigenvalue weighted by atomic mass is 10.00. The molecule has 0 spiro atoms. The topological polar surface area (TPSA) is 49.3 Å². The molecule has 0 fully saturated rings. The van der Waals surface area contributed by atoms with E-state index in [4.69, 9.17) is 0 Å². The number of benzene rings is 2. The van der Waals surface area contributed by atoms with Crippen molar-refractivity contribution in [3.8, 4) is 0 Å². The first-order valence-corrected chi connectivity index (χ1v) is 8.11. The molecule has 0 heterocycles. The molecular formula is C18H20BrNO2. The zero-order chi connectivity index (χ0) is 15.9. The van der Waals surface area contributed by atoms with Crippen LogP contribution in [0.2, 0.25) is 0 Å². The van der Waals surface area contributed by atoms with Gasteiger partial charge in [0.2, 0.25) is 0 Å². The molecule has 0 saturated heterocycles. The minimum atomic E-state index is -0.815. The number of hydrogen-bond acceptors (Lipinski definition) is 2. The monoisotopic (exact) mass is 361 g/mol. The fourth-order valence-corrected chi connectivity index (χ4v) is 2.76. The third-order valence-corrected chi connectivity index (χ3v) is 4.16. The van der Waals surface area contributed by atoms with E-state index in [9.17, 15) is 9.90 Å². The van der Waals surface area contributed by atoms with Gasteiger partial charge >= 0.3 is 5.97 Å². The third-order valence-electron chi connectivity index (χ3n) is 3.67. The first-order valence-electron chi connectivity index (χ1n) is 7.32. The second-order valence-corrected chi connectivity index (χ2v) is 6.36. The summed E-state index contributed by atoms with van der Waals surface area (Å²) in [6, 6.07) is 17.2. The van der Waals surface area contributed by atoms with Crippen molar-refractivity contribution in [2.75, 3.05) is 6.54 Å². The van der Waals surface area contributed by atoms with Crippen molar-refractivity contribution in [2.45, 2.75) is 25.3 Å². The molecule has 0 radical (unpaired) electrons. The van der Waals surface area contributed by atoms with Gasteiger partial charge in [-0.05, 0) is 35.6 Å². The first kappa shape index (κ1) is 16.7. The predicted octanol–water partition coefficient (Wildman–Crippen LogP) is 3.84. The highest BCUT2D eigenvalue weighted by atomic mass is 79.9. The fourth-order valence-electron chi connectivity index (χ4n) is 2.35. The molecule has 0 aliphatic heterocycles. The molecule has 0 saturated carbocycles. The smallest absolute Gasteiger partial charge is 0.321 e. The van der Waals surface area contributed by atoms with E-state index in [-0.39, 0.29) is 5.92 Å². The number of rotatable bonds is 7. The van der Waals surface area contributed by atoms with Crippen LogP contribution in [0.5, 0.6) is 0 Å². The molecule has 4 heteroatoms. The Labute approximate surface area is 139 Å². The number of hydrogen-bond donors (Lipinski definition) is 2. The van der Waals surface area contributed by atoms with Crippen LogP contribution < -0.4 is 5.32 Å². The summed E-state index contributed by atoms with van der Waals surface area (Å²) in [5, 5.41) is 12.6. The van der Waals surface area contributed by atoms with Gasteiger partial charge in [0.1, 0.15) is 6.04 Å². The van der Waals surface area contributed by atoms with Gasteiger partial charge in [-0.3, -0.25) is 4.79 Å². The summed E-state index contributed by atoms with van der Waals surface area (Å²) in [6.07, 6.45) is 0.487. The van der Waals surface area contributed by atoms with E-state index in [1.165, 1.54) is 5.56 Å². The highest BCUT2D eigenvalue weighted by Gasteiger charge is 2.18. The zero-order valence-corrected chi connectivity index (χ0v) is 14.1. The molecule has 2 aromatic rings. The van der Waals surface area contributed by atoms with Crippen molar-refractivity contribution in [1.29, 1.82) is 0 Å². The Bertz CT molecular complexity index is 615. The molecule has 2 rings (SSSR count). The second-order valence-electron chi connectivity index (χ2n) is 5.44. The van der Waals surface area contributed by atoms with E-state index >= 15 is 0 Å². The second kappa shape index (κ2) is 8.11. The Morgan fingerprint density at radius 3 is 2.55 bits per heavy atom. The summed E-state index contributed by atoms with van der Waals surface area (Å²) in [5.74, 6) is -0.569. The van der Waals surface area contributed by atoms with E-state index in [2.05, 4.69) is 40.3 Å². The molecule has 22 heavy (non-hydrogen) atoms. The van der Waals surface area contributed by atoms with Crippen LogP contribution in [0.3, 0.4) is 0 Å². The van der Waals surface area contributed by atoms with Gasteiger partial charge in [-0.25, -0.2) is 0 Å². The van der Waals surface area contributed by atoms with E-state index in [0.29, 0.717) is 13.0 Å². The maximum atomic E-state index is 11.4. The molecule has 0 aliphatic rings. The van der Waals surface area contributed by atoms with E-state index in [1.54, 1.807) is 0 Å². The molecule has 2 aromatic carbocycles. The quantitative estimate of drug-likeness (QED) is 0.787. The van der Waals surface area contributed by atoms with Gasteiger partial charge in [-0.1, -0.05) is 65.3 Å². The molecule has 2 N–H and O–H groups in total. The first-order chi connectivity index (χ1) is 10.6. The summed E-state index contributed by atoms with van der Waals surface area (Å²) < 4.78 is 1.04. The van der Waals surface area contributed by atoms with E-state index in [0.717, 1.165) is 10.0 Å². The molecule has 0 aliphatic carbocycles. The highest BCUT2D eigenvalue weighted by Crippen LogP contribution is 2.19. The lowest BCUT2D eigenvalue weighted by Gasteiger charge is -2.18. The van der Waals surface area contributed by atoms with Crippen LogP contribution in [0, 0.1) is 0 Å². The number of carboxylic acid groups (broad SMARTS) is 1. The van der Waals surface area contributed by atoms with Crippen LogP contribution in [0.1, 0.15) is 24.0 Å². The van der Waals surface area contributed by atoms with Gasteiger partial charge < -0.3 is 10.4 Å². The maximum absolute atomic E-state index is 11.4. The summed E-state index contributed by atoms with van der Waals surface area (Å²) >= 11 is 3.46. The Balaban J connectivity index is 1.95. The summed E-state index contributed by atoms with van der Waals surface area (Å²) in [6.45, 7) is 2.72. The molecule has 3 nitrogen and oxygen atoms in total. The normalized spacial score (nSPS) is 13.5. The van der Waals surface area contributed by atoms with Gasteiger partial charge in [0.25, 0.3) is 0 Å². The molecule has 116 valence electrons. The van der Waals surface area contributed by atoms with Crippen molar-refractivity contribution in [1.82, 2.24) is 5.32 Å². The number of aliphatic carboxylic acids is 1. The van der Waals surface area contributed by atoms with Crippen molar-refractivity contribution in [3.05, 3.63) is 70.2 Å². The van der Waals surface area contributed by atoms with Crippen LogP contribution in [0.15, 0.2) is 59.1 Å². The summed E-state index contributed by atoms with van der Waals surface area (Å²) in [7, 11) is 0. The predicted molar refractivity (Wildman–Crippen MR) is 92.1 cm³/mol. The lowest BCUT2D eigenvalue weighted by molar-refractivity contribution is -0.139. The Morgan fingerprint density at radius 1 is 1.18 bits per heavy atom. The van der Waals surface area contributed by atoms with Crippen molar-refractivity contribution < 1.29 is 9.90 Å². The summed E-state index contributed by atoms with van der Waals surface area (Å²) in [4.78, 5) is 11.4. The zero-order valence-electron chi connectivity index (χ0n) is 12.5. The van der Waals surface area contributed by atoms with Crippen molar-refractivity contribution >= 4 is 21.9 Å². The number of carboxylic acids is 1. The largest absolute Gasteiger partial charge is 0.480 e. The SMILES string of the molecule is CC(CN[C@H](Cc1ccccc1)C(=O)O)c1cccc(Br)c1. The average Bonchev–Trinajstić information content (AvgIpc) is 2.51. The van der Waals surface area contributed by atoms with Crippen LogP contribution in [-0.2, 0) is 11.2 Å². The molecule has 0 bridgehead atoms. The number of halogens is 1. The maximum Gasteiger partial charge on any atom is 0.321 e. The van der Waals surface area contributed by atoms with Crippen molar-refractivity contribution in [2.24, 2.45) is 0 Å². The van der Waals surface area contributed by atoms with Gasteiger partial charge in [0, 0.05) is 11.0 Å². The Hall–Kier alpha value is -1.65. The van der Waals surface area contributed by atoms with Gasteiger partial charge in [0.15, 0.2) is 0 Å².